The fourth-order valence-electron chi connectivity index (χ4n) is 2.02. The van der Waals surface area contributed by atoms with Crippen molar-refractivity contribution in [2.45, 2.75) is 6.92 Å². The highest BCUT2D eigenvalue weighted by Crippen LogP contribution is 2.28. The number of H-pyrrole nitrogens is 1. The Bertz CT molecular complexity index is 796. The third kappa shape index (κ3) is 4.60. The minimum atomic E-state index is -0.736. The predicted octanol–water partition coefficient (Wildman–Crippen LogP) is 2.03. The second-order valence-electron chi connectivity index (χ2n) is 5.05. The van der Waals surface area contributed by atoms with Crippen molar-refractivity contribution in [3.05, 3.63) is 41.7 Å². The number of hydrogen-bond donors (Lipinski definition) is 2. The average Bonchev–Trinajstić information content (AvgIpc) is 3.10. The minimum Gasteiger partial charge on any atom is -0.497 e. The van der Waals surface area contributed by atoms with Gasteiger partial charge in [-0.3, -0.25) is 9.59 Å². The molecular formula is C17H18N2O6. The van der Waals surface area contributed by atoms with E-state index in [0.717, 1.165) is 0 Å². The molecule has 0 spiro atoms. The summed E-state index contributed by atoms with van der Waals surface area (Å²) >= 11 is 0. The summed E-state index contributed by atoms with van der Waals surface area (Å²) in [4.78, 5) is 37.7. The van der Waals surface area contributed by atoms with Crippen molar-refractivity contribution in [3.8, 4) is 11.5 Å². The van der Waals surface area contributed by atoms with E-state index in [2.05, 4.69) is 10.3 Å². The number of ketones is 1. The van der Waals surface area contributed by atoms with Gasteiger partial charge in [0.05, 0.1) is 19.9 Å². The molecule has 0 aliphatic rings. The van der Waals surface area contributed by atoms with Gasteiger partial charge < -0.3 is 24.5 Å². The van der Waals surface area contributed by atoms with Gasteiger partial charge in [0.1, 0.15) is 17.2 Å². The summed E-state index contributed by atoms with van der Waals surface area (Å²) < 4.78 is 15.2. The normalized spacial score (nSPS) is 10.0. The van der Waals surface area contributed by atoms with Crippen LogP contribution in [0.15, 0.2) is 30.5 Å². The van der Waals surface area contributed by atoms with Gasteiger partial charge in [0, 0.05) is 17.8 Å². The van der Waals surface area contributed by atoms with Crippen molar-refractivity contribution in [1.29, 1.82) is 0 Å². The Morgan fingerprint density at radius 2 is 1.88 bits per heavy atom. The highest BCUT2D eigenvalue weighted by Gasteiger charge is 2.15. The second-order valence-corrected chi connectivity index (χ2v) is 5.05. The molecule has 25 heavy (non-hydrogen) atoms. The summed E-state index contributed by atoms with van der Waals surface area (Å²) in [6.07, 6.45) is 1.40. The quantitative estimate of drug-likeness (QED) is 0.587. The molecule has 1 aromatic carbocycles. The fraction of sp³-hybridized carbons (Fsp3) is 0.235. The van der Waals surface area contributed by atoms with E-state index < -0.39 is 18.5 Å². The molecule has 1 aromatic heterocycles. The Balaban J connectivity index is 1.96. The first-order valence-electron chi connectivity index (χ1n) is 7.33. The molecule has 0 unspecified atom stereocenters. The maximum absolute atomic E-state index is 12.0. The van der Waals surface area contributed by atoms with Crippen molar-refractivity contribution < 1.29 is 28.6 Å². The van der Waals surface area contributed by atoms with Crippen LogP contribution >= 0.6 is 0 Å². The van der Waals surface area contributed by atoms with E-state index in [9.17, 15) is 14.4 Å². The summed E-state index contributed by atoms with van der Waals surface area (Å²) in [5, 5.41) is 2.58. The van der Waals surface area contributed by atoms with Crippen molar-refractivity contribution >= 4 is 23.3 Å². The molecule has 0 aliphatic heterocycles. The van der Waals surface area contributed by atoms with E-state index in [1.54, 1.807) is 18.2 Å². The molecule has 2 aromatic rings. The highest BCUT2D eigenvalue weighted by atomic mass is 16.5. The largest absolute Gasteiger partial charge is 0.497 e. The van der Waals surface area contributed by atoms with Crippen molar-refractivity contribution in [3.63, 3.8) is 0 Å². The van der Waals surface area contributed by atoms with Crippen LogP contribution in [0.2, 0.25) is 0 Å². The number of hydrogen-bond acceptors (Lipinski definition) is 6. The van der Waals surface area contributed by atoms with E-state index in [-0.39, 0.29) is 11.5 Å². The monoisotopic (exact) mass is 346 g/mol. The molecule has 0 radical (unpaired) electrons. The maximum atomic E-state index is 12.0. The number of nitrogens with one attached hydrogen (secondary N) is 2. The van der Waals surface area contributed by atoms with Crippen LogP contribution in [0.5, 0.6) is 11.5 Å². The number of benzene rings is 1. The number of aromatic nitrogens is 1. The van der Waals surface area contributed by atoms with Gasteiger partial charge in [-0.25, -0.2) is 4.79 Å². The first-order chi connectivity index (χ1) is 11.9. The Hall–Kier alpha value is -3.29. The number of methoxy groups -OCH3 is 2. The Labute approximate surface area is 144 Å². The van der Waals surface area contributed by atoms with Crippen LogP contribution in [-0.2, 0) is 9.53 Å². The van der Waals surface area contributed by atoms with Gasteiger partial charge in [0.15, 0.2) is 12.4 Å². The van der Waals surface area contributed by atoms with E-state index >= 15 is 0 Å². The number of carbonyl (C=O) groups excluding carboxylic acids is 3. The van der Waals surface area contributed by atoms with Crippen LogP contribution in [0, 0.1) is 0 Å². The van der Waals surface area contributed by atoms with E-state index in [1.807, 2.05) is 0 Å². The number of aromatic amines is 1. The van der Waals surface area contributed by atoms with Crippen LogP contribution in [-0.4, -0.2) is 43.5 Å². The second kappa shape index (κ2) is 8.00. The lowest BCUT2D eigenvalue weighted by Crippen LogP contribution is -2.21. The minimum absolute atomic E-state index is 0.0944. The molecular weight excluding hydrogens is 328 g/mol. The standard InChI is InChI=1S/C17H18N2O6/c1-10(20)11-6-14(18-8-11)17(22)25-9-16(21)19-13-7-12(23-2)4-5-15(13)24-3/h4-8,18H,9H2,1-3H3,(H,19,21). The van der Waals surface area contributed by atoms with Gasteiger partial charge in [-0.2, -0.15) is 0 Å². The molecule has 8 heteroatoms. The van der Waals surface area contributed by atoms with Crippen molar-refractivity contribution in [2.24, 2.45) is 0 Å². The summed E-state index contributed by atoms with van der Waals surface area (Å²) in [6, 6.07) is 6.28. The molecule has 2 rings (SSSR count). The number of esters is 1. The molecule has 0 aliphatic carbocycles. The SMILES string of the molecule is COc1ccc(OC)c(NC(=O)COC(=O)c2cc(C(C)=O)c[nH]2)c1. The van der Waals surface area contributed by atoms with Gasteiger partial charge in [0.25, 0.3) is 5.91 Å². The number of Topliss-reactive ketones (excluding diaryl/α,β-unsaturated/α-hetero) is 1. The predicted molar refractivity (Wildman–Crippen MR) is 89.3 cm³/mol. The molecule has 0 bridgehead atoms. The van der Waals surface area contributed by atoms with E-state index in [0.29, 0.717) is 22.7 Å². The fourth-order valence-corrected chi connectivity index (χ4v) is 2.02. The van der Waals surface area contributed by atoms with Gasteiger partial charge in [-0.05, 0) is 25.1 Å². The summed E-state index contributed by atoms with van der Waals surface area (Å²) in [6.45, 7) is 0.890. The smallest absolute Gasteiger partial charge is 0.355 e. The van der Waals surface area contributed by atoms with Crippen LogP contribution < -0.4 is 14.8 Å². The molecule has 132 valence electrons. The summed E-state index contributed by atoms with van der Waals surface area (Å²) in [5.41, 5.74) is 0.844. The zero-order chi connectivity index (χ0) is 18.4. The molecule has 0 atom stereocenters. The first-order valence-corrected chi connectivity index (χ1v) is 7.33. The summed E-state index contributed by atoms with van der Waals surface area (Å²) in [5.74, 6) is -0.483. The molecule has 0 saturated heterocycles. The zero-order valence-electron chi connectivity index (χ0n) is 14.0. The van der Waals surface area contributed by atoms with Crippen LogP contribution in [0.25, 0.3) is 0 Å². The topological polar surface area (TPSA) is 107 Å². The zero-order valence-corrected chi connectivity index (χ0v) is 14.0. The Morgan fingerprint density at radius 1 is 1.12 bits per heavy atom. The summed E-state index contributed by atoms with van der Waals surface area (Å²) in [7, 11) is 2.97. The van der Waals surface area contributed by atoms with E-state index in [1.165, 1.54) is 33.4 Å². The van der Waals surface area contributed by atoms with Crippen molar-refractivity contribution in [2.75, 3.05) is 26.1 Å². The molecule has 1 amide bonds. The first kappa shape index (κ1) is 18.1. The number of rotatable bonds is 7. The lowest BCUT2D eigenvalue weighted by Gasteiger charge is -2.11. The molecule has 8 nitrogen and oxygen atoms in total. The number of anilines is 1. The number of ether oxygens (including phenoxy) is 3. The average molecular weight is 346 g/mol. The van der Waals surface area contributed by atoms with Crippen molar-refractivity contribution in [1.82, 2.24) is 4.98 Å². The number of amides is 1. The lowest BCUT2D eigenvalue weighted by molar-refractivity contribution is -0.119. The van der Waals surface area contributed by atoms with Gasteiger partial charge >= 0.3 is 5.97 Å². The van der Waals surface area contributed by atoms with Crippen LogP contribution in [0.4, 0.5) is 5.69 Å². The molecule has 2 N–H and O–H groups in total. The van der Waals surface area contributed by atoms with Crippen LogP contribution in [0.1, 0.15) is 27.8 Å². The molecule has 1 heterocycles. The third-order valence-electron chi connectivity index (χ3n) is 3.32. The Kier molecular flexibility index (Phi) is 5.78. The Morgan fingerprint density at radius 3 is 2.48 bits per heavy atom. The lowest BCUT2D eigenvalue weighted by atomic mass is 10.2. The van der Waals surface area contributed by atoms with Gasteiger partial charge in [-0.15, -0.1) is 0 Å². The highest BCUT2D eigenvalue weighted by molar-refractivity contribution is 5.99. The maximum Gasteiger partial charge on any atom is 0.355 e. The van der Waals surface area contributed by atoms with Crippen LogP contribution in [0.3, 0.4) is 0 Å². The van der Waals surface area contributed by atoms with Gasteiger partial charge in [0.2, 0.25) is 0 Å². The number of carbonyl (C=O) groups is 3. The molecule has 0 fully saturated rings. The van der Waals surface area contributed by atoms with E-state index in [4.69, 9.17) is 14.2 Å². The van der Waals surface area contributed by atoms with Gasteiger partial charge in [-0.1, -0.05) is 0 Å². The molecule has 0 saturated carbocycles. The third-order valence-corrected chi connectivity index (χ3v) is 3.32.